The molecule has 1 fully saturated rings. The van der Waals surface area contributed by atoms with Crippen molar-refractivity contribution in [3.05, 3.63) is 76.7 Å². The van der Waals surface area contributed by atoms with Gasteiger partial charge in [0.2, 0.25) is 5.95 Å². The highest BCUT2D eigenvalue weighted by atomic mass is 19.1. The van der Waals surface area contributed by atoms with Crippen molar-refractivity contribution in [2.24, 2.45) is 0 Å². The van der Waals surface area contributed by atoms with Crippen LogP contribution in [-0.2, 0) is 19.5 Å². The molecule has 2 aromatic carbocycles. The first-order valence-corrected chi connectivity index (χ1v) is 13.0. The number of hydrogen-bond acceptors (Lipinski definition) is 6. The molecule has 1 saturated heterocycles. The molecule has 0 bridgehead atoms. The molecule has 0 unspecified atom stereocenters. The average molecular weight is 489 g/mol. The second-order valence-electron chi connectivity index (χ2n) is 10.3. The fourth-order valence-electron chi connectivity index (χ4n) is 5.12. The quantitative estimate of drug-likeness (QED) is 0.503. The van der Waals surface area contributed by atoms with E-state index < -0.39 is 0 Å². The molecule has 0 aliphatic carbocycles. The molecule has 0 spiro atoms. The Kier molecular flexibility index (Phi) is 7.10. The molecule has 3 heterocycles. The molecule has 5 rings (SSSR count). The summed E-state index contributed by atoms with van der Waals surface area (Å²) < 4.78 is 14.5. The van der Waals surface area contributed by atoms with E-state index in [1.165, 1.54) is 11.3 Å². The fraction of sp³-hybridized carbons (Fsp3) is 0.448. The van der Waals surface area contributed by atoms with Crippen LogP contribution in [-0.4, -0.2) is 60.7 Å². The number of aromatic nitrogens is 2. The summed E-state index contributed by atoms with van der Waals surface area (Å²) in [7, 11) is 2.11. The van der Waals surface area contributed by atoms with E-state index in [4.69, 9.17) is 9.97 Å². The maximum absolute atomic E-state index is 14.5. The van der Waals surface area contributed by atoms with Gasteiger partial charge in [-0.3, -0.25) is 4.90 Å². The average Bonchev–Trinajstić information content (AvgIpc) is 2.90. The van der Waals surface area contributed by atoms with E-state index in [0.717, 1.165) is 74.3 Å². The summed E-state index contributed by atoms with van der Waals surface area (Å²) in [5, 5.41) is 0. The van der Waals surface area contributed by atoms with Crippen LogP contribution in [0.3, 0.4) is 0 Å². The molecule has 6 nitrogen and oxygen atoms in total. The third-order valence-corrected chi connectivity index (χ3v) is 7.49. The number of fused-ring (bicyclic) bond motifs is 1. The normalized spacial score (nSPS) is 16.4. The lowest BCUT2D eigenvalue weighted by Gasteiger charge is -2.38. The minimum absolute atomic E-state index is 0.132. The molecular weight excluding hydrogens is 451 g/mol. The van der Waals surface area contributed by atoms with Gasteiger partial charge >= 0.3 is 0 Å². The van der Waals surface area contributed by atoms with Crippen LogP contribution in [0, 0.1) is 12.7 Å². The van der Waals surface area contributed by atoms with Gasteiger partial charge in [0.05, 0.1) is 5.69 Å². The van der Waals surface area contributed by atoms with Crippen molar-refractivity contribution in [2.75, 3.05) is 54.5 Å². The number of para-hydroxylation sites is 1. The lowest BCUT2D eigenvalue weighted by molar-refractivity contribution is 0.239. The maximum atomic E-state index is 14.5. The highest BCUT2D eigenvalue weighted by Crippen LogP contribution is 2.31. The molecule has 0 amide bonds. The van der Waals surface area contributed by atoms with E-state index in [9.17, 15) is 4.39 Å². The predicted molar refractivity (Wildman–Crippen MR) is 145 cm³/mol. The van der Waals surface area contributed by atoms with Crippen LogP contribution < -0.4 is 14.7 Å². The molecule has 7 heteroatoms. The van der Waals surface area contributed by atoms with E-state index in [2.05, 4.69) is 70.8 Å². The van der Waals surface area contributed by atoms with Gasteiger partial charge in [-0.25, -0.2) is 9.37 Å². The first-order valence-electron chi connectivity index (χ1n) is 13.0. The Morgan fingerprint density at radius 3 is 2.39 bits per heavy atom. The second-order valence-corrected chi connectivity index (χ2v) is 10.3. The molecule has 3 aromatic rings. The van der Waals surface area contributed by atoms with Crippen molar-refractivity contribution in [3.63, 3.8) is 0 Å². The molecule has 0 saturated carbocycles. The zero-order valence-electron chi connectivity index (χ0n) is 21.9. The van der Waals surface area contributed by atoms with Gasteiger partial charge in [-0.05, 0) is 39.0 Å². The van der Waals surface area contributed by atoms with Crippen molar-refractivity contribution in [2.45, 2.75) is 46.3 Å². The van der Waals surface area contributed by atoms with Crippen molar-refractivity contribution in [1.82, 2.24) is 14.9 Å². The van der Waals surface area contributed by atoms with Gasteiger partial charge < -0.3 is 14.7 Å². The van der Waals surface area contributed by atoms with E-state index in [1.807, 2.05) is 19.1 Å². The summed E-state index contributed by atoms with van der Waals surface area (Å²) >= 11 is 0. The molecule has 2 aliphatic heterocycles. The summed E-state index contributed by atoms with van der Waals surface area (Å²) in [6, 6.07) is 16.3. The molecule has 0 radical (unpaired) electrons. The number of halogens is 1. The van der Waals surface area contributed by atoms with Gasteiger partial charge in [0.15, 0.2) is 0 Å². The summed E-state index contributed by atoms with van der Waals surface area (Å²) in [5.41, 5.74) is 5.43. The van der Waals surface area contributed by atoms with Crippen molar-refractivity contribution in [1.29, 1.82) is 0 Å². The minimum Gasteiger partial charge on any atom is -0.368 e. The molecular formula is C29H37FN6. The Bertz CT molecular complexity index is 1190. The number of aryl methyl sites for hydroxylation is 1. The van der Waals surface area contributed by atoms with Crippen LogP contribution in [0.25, 0.3) is 0 Å². The van der Waals surface area contributed by atoms with Crippen LogP contribution in [0.5, 0.6) is 0 Å². The Morgan fingerprint density at radius 2 is 1.67 bits per heavy atom. The minimum atomic E-state index is -0.132. The second kappa shape index (κ2) is 10.4. The fourth-order valence-corrected chi connectivity index (χ4v) is 5.12. The van der Waals surface area contributed by atoms with Crippen LogP contribution in [0.4, 0.5) is 21.8 Å². The summed E-state index contributed by atoms with van der Waals surface area (Å²) in [6.45, 7) is 12.3. The van der Waals surface area contributed by atoms with Crippen molar-refractivity contribution < 1.29 is 4.39 Å². The first-order chi connectivity index (χ1) is 17.4. The van der Waals surface area contributed by atoms with Crippen LogP contribution in [0.2, 0.25) is 0 Å². The highest BCUT2D eigenvalue weighted by Gasteiger charge is 2.28. The maximum Gasteiger partial charge on any atom is 0.227 e. The highest BCUT2D eigenvalue weighted by molar-refractivity contribution is 5.55. The van der Waals surface area contributed by atoms with E-state index in [0.29, 0.717) is 12.6 Å². The lowest BCUT2D eigenvalue weighted by atomic mass is 10.0. The summed E-state index contributed by atoms with van der Waals surface area (Å²) in [5.74, 6) is 1.71. The smallest absolute Gasteiger partial charge is 0.227 e. The van der Waals surface area contributed by atoms with E-state index in [1.54, 1.807) is 6.07 Å². The third-order valence-electron chi connectivity index (χ3n) is 7.49. The van der Waals surface area contributed by atoms with Crippen LogP contribution in [0.1, 0.15) is 36.2 Å². The third kappa shape index (κ3) is 5.16. The van der Waals surface area contributed by atoms with Gasteiger partial charge in [-0.15, -0.1) is 0 Å². The Labute approximate surface area is 214 Å². The van der Waals surface area contributed by atoms with E-state index in [-0.39, 0.29) is 5.82 Å². The molecule has 2 aliphatic rings. The zero-order chi connectivity index (χ0) is 25.2. The Morgan fingerprint density at radius 1 is 0.944 bits per heavy atom. The molecule has 36 heavy (non-hydrogen) atoms. The molecule has 0 atom stereocenters. The number of benzene rings is 2. The lowest BCUT2D eigenvalue weighted by Crippen LogP contribution is -2.47. The number of piperazine rings is 1. The molecule has 190 valence electrons. The summed E-state index contributed by atoms with van der Waals surface area (Å²) in [6.07, 6.45) is 0.848. The SMILES string of the molecule is Cc1ccc(F)c(CN2CCc3nc(N4CCN(c5ccccc5)CC4)nc(N(C)C(C)C)c3C2)c1. The Balaban J connectivity index is 1.37. The van der Waals surface area contributed by atoms with Crippen LogP contribution >= 0.6 is 0 Å². The largest absolute Gasteiger partial charge is 0.368 e. The molecule has 0 N–H and O–H groups in total. The number of nitrogens with zero attached hydrogens (tertiary/aromatic N) is 6. The monoisotopic (exact) mass is 488 g/mol. The Hall–Kier alpha value is -3.19. The number of rotatable bonds is 6. The number of anilines is 3. The molecule has 1 aromatic heterocycles. The van der Waals surface area contributed by atoms with Gasteiger partial charge in [0.25, 0.3) is 0 Å². The summed E-state index contributed by atoms with van der Waals surface area (Å²) in [4.78, 5) is 19.5. The standard InChI is InChI=1S/C29H37FN6/c1-21(2)33(4)28-25-20-34(19-23-18-22(3)10-11-26(23)30)13-12-27(25)31-29(32-28)36-16-14-35(15-17-36)24-8-6-5-7-9-24/h5-11,18,21H,12-17,19-20H2,1-4H3. The predicted octanol–water partition coefficient (Wildman–Crippen LogP) is 4.65. The zero-order valence-corrected chi connectivity index (χ0v) is 21.9. The van der Waals surface area contributed by atoms with E-state index >= 15 is 0 Å². The topological polar surface area (TPSA) is 38.7 Å². The number of hydrogen-bond donors (Lipinski definition) is 0. The van der Waals surface area contributed by atoms with Gasteiger partial charge in [0.1, 0.15) is 11.6 Å². The van der Waals surface area contributed by atoms with Gasteiger partial charge in [0, 0.05) is 82.1 Å². The van der Waals surface area contributed by atoms with Crippen molar-refractivity contribution in [3.8, 4) is 0 Å². The van der Waals surface area contributed by atoms with Gasteiger partial charge in [-0.1, -0.05) is 35.9 Å². The van der Waals surface area contributed by atoms with Gasteiger partial charge in [-0.2, -0.15) is 4.98 Å². The van der Waals surface area contributed by atoms with Crippen molar-refractivity contribution >= 4 is 17.5 Å². The first kappa shape index (κ1) is 24.5. The van der Waals surface area contributed by atoms with Crippen LogP contribution in [0.15, 0.2) is 48.5 Å².